The van der Waals surface area contributed by atoms with Crippen molar-refractivity contribution < 1.29 is 24.2 Å². The topological polar surface area (TPSA) is 88.1 Å². The van der Waals surface area contributed by atoms with Gasteiger partial charge in [0.15, 0.2) is 0 Å². The van der Waals surface area contributed by atoms with Gasteiger partial charge in [0.05, 0.1) is 6.61 Å². The maximum Gasteiger partial charge on any atom is 0.408 e. The Hall–Kier alpha value is -1.12. The summed E-state index contributed by atoms with van der Waals surface area (Å²) in [4.78, 5) is 25.3. The normalized spacial score (nSPS) is 20.6. The van der Waals surface area contributed by atoms with Crippen LogP contribution in [0.5, 0.6) is 0 Å². The van der Waals surface area contributed by atoms with Gasteiger partial charge in [0.2, 0.25) is 0 Å². The number of carboxylic acids is 1. The number of ether oxygens (including phenoxy) is 2. The first-order chi connectivity index (χ1) is 10.6. The smallest absolute Gasteiger partial charge is 0.408 e. The van der Waals surface area contributed by atoms with Crippen LogP contribution in [0.2, 0.25) is 0 Å². The number of nitrogens with zero attached hydrogens (tertiary/aromatic N) is 1. The van der Waals surface area contributed by atoms with Crippen LogP contribution in [0.15, 0.2) is 10.6 Å². The molecule has 0 fully saturated rings. The zero-order chi connectivity index (χ0) is 17.6. The molecule has 0 aromatic carbocycles. The van der Waals surface area contributed by atoms with E-state index >= 15 is 0 Å². The van der Waals surface area contributed by atoms with Crippen molar-refractivity contribution in [1.29, 1.82) is 0 Å². The van der Waals surface area contributed by atoms with Crippen molar-refractivity contribution in [2.75, 3.05) is 26.8 Å². The Labute approximate surface area is 145 Å². The summed E-state index contributed by atoms with van der Waals surface area (Å²) >= 11 is 3.44. The summed E-state index contributed by atoms with van der Waals surface area (Å²) in [5, 5.41) is 11.8. The molecule has 1 heterocycles. The largest absolute Gasteiger partial charge is 0.480 e. The minimum atomic E-state index is -1.10. The van der Waals surface area contributed by atoms with E-state index in [0.717, 1.165) is 10.9 Å². The van der Waals surface area contributed by atoms with Crippen LogP contribution >= 0.6 is 15.9 Å². The minimum Gasteiger partial charge on any atom is -0.480 e. The van der Waals surface area contributed by atoms with E-state index in [-0.39, 0.29) is 12.6 Å². The molecular weight excluding hydrogens is 368 g/mol. The first-order valence-electron chi connectivity index (χ1n) is 7.42. The molecule has 0 saturated heterocycles. The average molecular weight is 393 g/mol. The fraction of sp³-hybridized carbons (Fsp3) is 0.733. The van der Waals surface area contributed by atoms with E-state index in [9.17, 15) is 14.7 Å². The molecule has 0 saturated carbocycles. The average Bonchev–Trinajstić information content (AvgIpc) is 2.39. The number of carbonyl (C=O) groups excluding carboxylic acids is 1. The number of hydrogen-bond acceptors (Lipinski definition) is 5. The van der Waals surface area contributed by atoms with Crippen LogP contribution in [0.4, 0.5) is 4.79 Å². The zero-order valence-corrected chi connectivity index (χ0v) is 15.6. The van der Waals surface area contributed by atoms with E-state index < -0.39 is 23.7 Å². The van der Waals surface area contributed by atoms with Gasteiger partial charge in [-0.1, -0.05) is 22.0 Å². The van der Waals surface area contributed by atoms with Crippen LogP contribution in [0.1, 0.15) is 27.2 Å². The van der Waals surface area contributed by atoms with Gasteiger partial charge >= 0.3 is 12.1 Å². The molecule has 1 aliphatic heterocycles. The van der Waals surface area contributed by atoms with Gasteiger partial charge in [0.1, 0.15) is 11.6 Å². The predicted octanol–water partition coefficient (Wildman–Crippen LogP) is 1.96. The van der Waals surface area contributed by atoms with Crippen molar-refractivity contribution in [3.8, 4) is 0 Å². The van der Waals surface area contributed by atoms with Crippen molar-refractivity contribution in [3.05, 3.63) is 10.6 Å². The summed E-state index contributed by atoms with van der Waals surface area (Å²) < 4.78 is 11.3. The number of hydrogen-bond donors (Lipinski definition) is 2. The van der Waals surface area contributed by atoms with Gasteiger partial charge in [-0.3, -0.25) is 4.90 Å². The molecule has 2 atom stereocenters. The quantitative estimate of drug-likeness (QED) is 0.718. The minimum absolute atomic E-state index is 0.0728. The molecule has 2 unspecified atom stereocenters. The molecule has 0 aromatic heterocycles. The number of rotatable bonds is 6. The second-order valence-electron chi connectivity index (χ2n) is 6.46. The Morgan fingerprint density at radius 3 is 2.70 bits per heavy atom. The van der Waals surface area contributed by atoms with Gasteiger partial charge in [-0.2, -0.15) is 0 Å². The third kappa shape index (κ3) is 7.32. The van der Waals surface area contributed by atoms with Crippen molar-refractivity contribution in [3.63, 3.8) is 0 Å². The zero-order valence-electron chi connectivity index (χ0n) is 14.0. The summed E-state index contributed by atoms with van der Waals surface area (Å²) in [6.45, 7) is 6.42. The molecule has 0 bridgehead atoms. The number of amides is 1. The Kier molecular flexibility index (Phi) is 7.50. The summed E-state index contributed by atoms with van der Waals surface area (Å²) in [5.74, 6) is -1.10. The lowest BCUT2D eigenvalue weighted by Gasteiger charge is -2.35. The SMILES string of the molecule is COCC1CC=C(Br)CN1CC(NC(=O)OC(C)(C)C)C(=O)O. The highest BCUT2D eigenvalue weighted by Gasteiger charge is 2.30. The third-order valence-corrected chi connectivity index (χ3v) is 3.82. The third-order valence-electron chi connectivity index (χ3n) is 3.25. The van der Waals surface area contributed by atoms with Crippen LogP contribution < -0.4 is 5.32 Å². The molecule has 0 radical (unpaired) electrons. The highest BCUT2D eigenvalue weighted by Crippen LogP contribution is 2.21. The highest BCUT2D eigenvalue weighted by atomic mass is 79.9. The number of halogens is 1. The molecule has 8 heteroatoms. The van der Waals surface area contributed by atoms with Gasteiger partial charge in [-0.15, -0.1) is 0 Å². The van der Waals surface area contributed by atoms with Crippen molar-refractivity contribution in [2.24, 2.45) is 0 Å². The summed E-state index contributed by atoms with van der Waals surface area (Å²) in [6, 6.07) is -0.980. The lowest BCUT2D eigenvalue weighted by atomic mass is 10.1. The molecule has 0 aliphatic carbocycles. The molecule has 2 N–H and O–H groups in total. The molecule has 1 rings (SSSR count). The van der Waals surface area contributed by atoms with E-state index in [1.807, 2.05) is 4.90 Å². The molecule has 23 heavy (non-hydrogen) atoms. The van der Waals surface area contributed by atoms with E-state index in [1.54, 1.807) is 27.9 Å². The molecule has 1 amide bonds. The van der Waals surface area contributed by atoms with E-state index in [4.69, 9.17) is 9.47 Å². The number of alkyl carbamates (subject to hydrolysis) is 1. The van der Waals surface area contributed by atoms with Gasteiger partial charge < -0.3 is 19.9 Å². The van der Waals surface area contributed by atoms with Gasteiger partial charge in [0.25, 0.3) is 0 Å². The van der Waals surface area contributed by atoms with Crippen LogP contribution in [0.25, 0.3) is 0 Å². The van der Waals surface area contributed by atoms with Crippen molar-refractivity contribution in [1.82, 2.24) is 10.2 Å². The van der Waals surface area contributed by atoms with Crippen LogP contribution in [0.3, 0.4) is 0 Å². The molecule has 132 valence electrons. The second kappa shape index (κ2) is 8.65. The van der Waals surface area contributed by atoms with E-state index in [1.165, 1.54) is 0 Å². The van der Waals surface area contributed by atoms with Gasteiger partial charge in [-0.05, 0) is 27.2 Å². The van der Waals surface area contributed by atoms with Crippen molar-refractivity contribution >= 4 is 28.0 Å². The summed E-state index contributed by atoms with van der Waals surface area (Å²) in [7, 11) is 1.61. The maximum atomic E-state index is 11.8. The van der Waals surface area contributed by atoms with E-state index in [2.05, 4.69) is 27.3 Å². The Balaban J connectivity index is 2.72. The number of nitrogens with one attached hydrogen (secondary N) is 1. The Morgan fingerprint density at radius 1 is 1.52 bits per heavy atom. The number of carboxylic acid groups (broad SMARTS) is 1. The summed E-state index contributed by atoms with van der Waals surface area (Å²) in [5.41, 5.74) is -0.678. The van der Waals surface area contributed by atoms with Crippen LogP contribution in [0, 0.1) is 0 Å². The fourth-order valence-corrected chi connectivity index (χ4v) is 2.76. The maximum absolute atomic E-state index is 11.8. The number of aliphatic carboxylic acids is 1. The first-order valence-corrected chi connectivity index (χ1v) is 8.21. The first kappa shape index (κ1) is 19.9. The lowest BCUT2D eigenvalue weighted by Crippen LogP contribution is -2.53. The van der Waals surface area contributed by atoms with E-state index in [0.29, 0.717) is 13.2 Å². The van der Waals surface area contributed by atoms with Crippen LogP contribution in [-0.4, -0.2) is 66.6 Å². The molecular formula is C15H25BrN2O5. The molecule has 0 spiro atoms. The predicted molar refractivity (Wildman–Crippen MR) is 89.7 cm³/mol. The van der Waals surface area contributed by atoms with Gasteiger partial charge in [0, 0.05) is 30.7 Å². The fourth-order valence-electron chi connectivity index (χ4n) is 2.25. The Morgan fingerprint density at radius 2 is 2.17 bits per heavy atom. The van der Waals surface area contributed by atoms with Crippen molar-refractivity contribution in [2.45, 2.75) is 44.9 Å². The Bertz CT molecular complexity index is 461. The standard InChI is InChI=1S/C15H25BrN2O5/c1-15(2,3)23-14(21)17-12(13(19)20)8-18-7-10(16)5-6-11(18)9-22-4/h5,11-12H,6-9H2,1-4H3,(H,17,21)(H,19,20). The van der Waals surface area contributed by atoms with Gasteiger partial charge in [-0.25, -0.2) is 9.59 Å². The molecule has 0 aromatic rings. The second-order valence-corrected chi connectivity index (χ2v) is 7.48. The highest BCUT2D eigenvalue weighted by molar-refractivity contribution is 9.11. The van der Waals surface area contributed by atoms with Crippen LogP contribution in [-0.2, 0) is 14.3 Å². The molecule has 1 aliphatic rings. The monoisotopic (exact) mass is 392 g/mol. The number of methoxy groups -OCH3 is 1. The molecule has 7 nitrogen and oxygen atoms in total. The number of carbonyl (C=O) groups is 2. The summed E-state index contributed by atoms with van der Waals surface area (Å²) in [6.07, 6.45) is 2.07. The lowest BCUT2D eigenvalue weighted by molar-refractivity contribution is -0.140.